The molecule has 0 atom stereocenters. The molecule has 1 heterocycles. The molecule has 1 fully saturated rings. The van der Waals surface area contributed by atoms with Crippen molar-refractivity contribution in [1.82, 2.24) is 9.21 Å². The highest BCUT2D eigenvalue weighted by molar-refractivity contribution is 7.89. The van der Waals surface area contributed by atoms with Crippen molar-refractivity contribution < 1.29 is 13.2 Å². The van der Waals surface area contributed by atoms with Crippen LogP contribution in [0, 0.1) is 11.3 Å². The van der Waals surface area contributed by atoms with Gasteiger partial charge in [-0.05, 0) is 30.3 Å². The minimum atomic E-state index is -3.63. The summed E-state index contributed by atoms with van der Waals surface area (Å²) in [7, 11) is -3.63. The Balaban J connectivity index is 1.54. The Kier molecular flexibility index (Phi) is 6.34. The highest BCUT2D eigenvalue weighted by atomic mass is 35.5. The first-order valence-corrected chi connectivity index (χ1v) is 10.4. The predicted molar refractivity (Wildman–Crippen MR) is 103 cm³/mol. The zero-order chi connectivity index (χ0) is 19.3. The van der Waals surface area contributed by atoms with Gasteiger partial charge in [-0.3, -0.25) is 4.90 Å². The molecule has 0 aliphatic carbocycles. The first kappa shape index (κ1) is 19.6. The fraction of sp³-hybridized carbons (Fsp3) is 0.316. The van der Waals surface area contributed by atoms with Gasteiger partial charge in [0.15, 0.2) is 0 Å². The molecule has 1 aliphatic rings. The summed E-state index contributed by atoms with van der Waals surface area (Å²) in [5.74, 6) is 0.828. The Hall–Kier alpha value is -2.11. The summed E-state index contributed by atoms with van der Waals surface area (Å²) in [6.45, 7) is 3.37. The van der Waals surface area contributed by atoms with Gasteiger partial charge in [-0.25, -0.2) is 8.42 Å². The molecule has 0 saturated carbocycles. The first-order valence-electron chi connectivity index (χ1n) is 8.61. The first-order chi connectivity index (χ1) is 13.0. The molecule has 27 heavy (non-hydrogen) atoms. The van der Waals surface area contributed by atoms with E-state index in [0.717, 1.165) is 12.3 Å². The van der Waals surface area contributed by atoms with E-state index in [2.05, 4.69) is 4.90 Å². The normalized spacial score (nSPS) is 16.0. The molecule has 3 rings (SSSR count). The Morgan fingerprint density at radius 3 is 2.44 bits per heavy atom. The van der Waals surface area contributed by atoms with Crippen LogP contribution in [0.5, 0.6) is 5.75 Å². The highest BCUT2D eigenvalue weighted by Gasteiger charge is 2.28. The van der Waals surface area contributed by atoms with Crippen molar-refractivity contribution in [3.63, 3.8) is 0 Å². The summed E-state index contributed by atoms with van der Waals surface area (Å²) in [6.07, 6.45) is 0. The van der Waals surface area contributed by atoms with Crippen molar-refractivity contribution in [3.8, 4) is 11.8 Å². The summed E-state index contributed by atoms with van der Waals surface area (Å²) < 4.78 is 32.7. The van der Waals surface area contributed by atoms with Crippen LogP contribution < -0.4 is 4.74 Å². The van der Waals surface area contributed by atoms with E-state index >= 15 is 0 Å². The number of ether oxygens (including phenoxy) is 1. The number of piperazine rings is 1. The molecule has 0 spiro atoms. The van der Waals surface area contributed by atoms with Crippen molar-refractivity contribution in [2.45, 2.75) is 4.90 Å². The predicted octanol–water partition coefficient (Wildman–Crippen LogP) is 2.60. The lowest BCUT2D eigenvalue weighted by molar-refractivity contribution is 0.159. The van der Waals surface area contributed by atoms with Crippen LogP contribution in [0.4, 0.5) is 0 Å². The van der Waals surface area contributed by atoms with Gasteiger partial charge in [-0.1, -0.05) is 29.8 Å². The minimum Gasteiger partial charge on any atom is -0.492 e. The summed E-state index contributed by atoms with van der Waals surface area (Å²) in [5, 5.41) is 9.31. The Morgan fingerprint density at radius 1 is 1.07 bits per heavy atom. The zero-order valence-electron chi connectivity index (χ0n) is 14.7. The second-order valence-corrected chi connectivity index (χ2v) is 8.51. The third-order valence-electron chi connectivity index (χ3n) is 4.45. The SMILES string of the molecule is N#Cc1cc(S(=O)(=O)N2CCN(CCOc3ccccc3)CC2)ccc1Cl. The van der Waals surface area contributed by atoms with Crippen molar-refractivity contribution in [1.29, 1.82) is 5.26 Å². The lowest BCUT2D eigenvalue weighted by Crippen LogP contribution is -2.49. The van der Waals surface area contributed by atoms with Gasteiger partial charge in [0.25, 0.3) is 0 Å². The van der Waals surface area contributed by atoms with Crippen molar-refractivity contribution in [2.75, 3.05) is 39.3 Å². The van der Waals surface area contributed by atoms with E-state index in [1.807, 2.05) is 36.4 Å². The van der Waals surface area contributed by atoms with Crippen molar-refractivity contribution >= 4 is 21.6 Å². The standard InChI is InChI=1S/C19H20ClN3O3S/c20-19-7-6-18(14-16(19)15-21)27(24,25)23-10-8-22(9-11-23)12-13-26-17-4-2-1-3-5-17/h1-7,14H,8-13H2. The Morgan fingerprint density at radius 2 is 1.78 bits per heavy atom. The van der Waals surface area contributed by atoms with Gasteiger partial charge < -0.3 is 4.74 Å². The third kappa shape index (κ3) is 4.79. The van der Waals surface area contributed by atoms with E-state index in [9.17, 15) is 8.42 Å². The number of sulfonamides is 1. The highest BCUT2D eigenvalue weighted by Crippen LogP contribution is 2.23. The molecule has 142 valence electrons. The molecule has 1 saturated heterocycles. The van der Waals surface area contributed by atoms with Crippen LogP contribution in [0.15, 0.2) is 53.4 Å². The molecule has 8 heteroatoms. The molecule has 0 unspecified atom stereocenters. The topological polar surface area (TPSA) is 73.6 Å². The molecule has 0 amide bonds. The number of hydrogen-bond acceptors (Lipinski definition) is 5. The molecule has 2 aromatic carbocycles. The van der Waals surface area contributed by atoms with Crippen LogP contribution in [0.3, 0.4) is 0 Å². The lowest BCUT2D eigenvalue weighted by Gasteiger charge is -2.33. The van der Waals surface area contributed by atoms with Crippen LogP contribution in [0.2, 0.25) is 5.02 Å². The number of hydrogen-bond donors (Lipinski definition) is 0. The van der Waals surface area contributed by atoms with Crippen LogP contribution >= 0.6 is 11.6 Å². The van der Waals surface area contributed by atoms with Gasteiger partial charge in [0.05, 0.1) is 15.5 Å². The molecule has 0 bridgehead atoms. The fourth-order valence-corrected chi connectivity index (χ4v) is 4.51. The van der Waals surface area contributed by atoms with E-state index < -0.39 is 10.0 Å². The van der Waals surface area contributed by atoms with Crippen LogP contribution in [-0.4, -0.2) is 57.0 Å². The molecule has 0 N–H and O–H groups in total. The molecule has 0 radical (unpaired) electrons. The van der Waals surface area contributed by atoms with Crippen molar-refractivity contribution in [3.05, 3.63) is 59.1 Å². The Bertz CT molecular complexity index is 921. The van der Waals surface area contributed by atoms with Crippen LogP contribution in [-0.2, 0) is 10.0 Å². The maximum atomic E-state index is 12.8. The van der Waals surface area contributed by atoms with E-state index in [4.69, 9.17) is 21.6 Å². The largest absolute Gasteiger partial charge is 0.492 e. The van der Waals surface area contributed by atoms with Gasteiger partial charge in [-0.15, -0.1) is 0 Å². The maximum absolute atomic E-state index is 12.8. The van der Waals surface area contributed by atoms with Crippen LogP contribution in [0.25, 0.3) is 0 Å². The molecule has 2 aromatic rings. The van der Waals surface area contributed by atoms with Crippen LogP contribution in [0.1, 0.15) is 5.56 Å². The van der Waals surface area contributed by atoms with Gasteiger partial charge in [0.2, 0.25) is 10.0 Å². The zero-order valence-corrected chi connectivity index (χ0v) is 16.3. The number of benzene rings is 2. The van der Waals surface area contributed by atoms with E-state index in [-0.39, 0.29) is 15.5 Å². The summed E-state index contributed by atoms with van der Waals surface area (Å²) in [6, 6.07) is 15.7. The lowest BCUT2D eigenvalue weighted by atomic mass is 10.2. The smallest absolute Gasteiger partial charge is 0.243 e. The summed E-state index contributed by atoms with van der Waals surface area (Å²) in [4.78, 5) is 2.28. The molecular formula is C19H20ClN3O3S. The van der Waals surface area contributed by atoms with Gasteiger partial charge in [-0.2, -0.15) is 9.57 Å². The van der Waals surface area contributed by atoms with E-state index in [1.165, 1.54) is 22.5 Å². The maximum Gasteiger partial charge on any atom is 0.243 e. The second kappa shape index (κ2) is 8.72. The fourth-order valence-electron chi connectivity index (χ4n) is 2.90. The number of nitrogens with zero attached hydrogens (tertiary/aromatic N) is 3. The van der Waals surface area contributed by atoms with Gasteiger partial charge in [0.1, 0.15) is 18.4 Å². The van der Waals surface area contributed by atoms with Gasteiger partial charge >= 0.3 is 0 Å². The number of para-hydroxylation sites is 1. The van der Waals surface area contributed by atoms with E-state index in [0.29, 0.717) is 32.8 Å². The molecule has 1 aliphatic heterocycles. The molecular weight excluding hydrogens is 386 g/mol. The monoisotopic (exact) mass is 405 g/mol. The van der Waals surface area contributed by atoms with Crippen molar-refractivity contribution in [2.24, 2.45) is 0 Å². The molecule has 6 nitrogen and oxygen atoms in total. The van der Waals surface area contributed by atoms with Gasteiger partial charge in [0, 0.05) is 32.7 Å². The number of rotatable bonds is 6. The average molecular weight is 406 g/mol. The third-order valence-corrected chi connectivity index (χ3v) is 6.67. The average Bonchev–Trinajstić information content (AvgIpc) is 2.69. The molecule has 0 aromatic heterocycles. The number of halogens is 1. The summed E-state index contributed by atoms with van der Waals surface area (Å²) in [5.41, 5.74) is 0.162. The number of nitriles is 1. The minimum absolute atomic E-state index is 0.101. The van der Waals surface area contributed by atoms with E-state index in [1.54, 1.807) is 0 Å². The summed E-state index contributed by atoms with van der Waals surface area (Å²) >= 11 is 5.89. The Labute approximate surface area is 164 Å². The second-order valence-electron chi connectivity index (χ2n) is 6.16. The quantitative estimate of drug-likeness (QED) is 0.738.